The van der Waals surface area contributed by atoms with Crippen LogP contribution in [-0.4, -0.2) is 76.7 Å². The minimum Gasteiger partial charge on any atom is -0.361 e. The van der Waals surface area contributed by atoms with Crippen LogP contribution in [0.5, 0.6) is 0 Å². The molecule has 3 heterocycles. The molecule has 0 saturated carbocycles. The summed E-state index contributed by atoms with van der Waals surface area (Å²) in [5, 5.41) is 7.10. The van der Waals surface area contributed by atoms with E-state index in [0.717, 1.165) is 22.0 Å². The summed E-state index contributed by atoms with van der Waals surface area (Å²) in [6.45, 7) is 4.70. The fraction of sp³-hybridized carbons (Fsp3) is 0.471. The lowest BCUT2D eigenvalue weighted by molar-refractivity contribution is -0.137. The highest BCUT2D eigenvalue weighted by Gasteiger charge is 2.37. The molecule has 1 fully saturated rings. The molecule has 0 radical (unpaired) electrons. The number of carbonyl (C=O) groups is 4. The molecular formula is C34H42FN5O4. The van der Waals surface area contributed by atoms with Crippen LogP contribution in [0.25, 0.3) is 10.9 Å². The maximum Gasteiger partial charge on any atom is 0.257 e. The fourth-order valence-corrected chi connectivity index (χ4v) is 6.20. The van der Waals surface area contributed by atoms with E-state index in [4.69, 9.17) is 0 Å². The van der Waals surface area contributed by atoms with Crippen molar-refractivity contribution in [2.24, 2.45) is 5.92 Å². The molecule has 9 nitrogen and oxygen atoms in total. The lowest BCUT2D eigenvalue weighted by Crippen LogP contribution is -2.54. The van der Waals surface area contributed by atoms with Crippen LogP contribution in [-0.2, 0) is 27.2 Å². The van der Waals surface area contributed by atoms with Gasteiger partial charge in [-0.1, -0.05) is 38.1 Å². The van der Waals surface area contributed by atoms with Crippen LogP contribution in [0.1, 0.15) is 67.4 Å². The zero-order chi connectivity index (χ0) is 31.2. The van der Waals surface area contributed by atoms with Crippen LogP contribution in [0.4, 0.5) is 4.39 Å². The molecule has 44 heavy (non-hydrogen) atoms. The molecule has 2 aliphatic rings. The minimum atomic E-state index is -0.730. The van der Waals surface area contributed by atoms with Crippen LogP contribution in [0.15, 0.2) is 48.7 Å². The zero-order valence-corrected chi connectivity index (χ0v) is 25.5. The second kappa shape index (κ2) is 14.1. The Kier molecular flexibility index (Phi) is 9.97. The summed E-state index contributed by atoms with van der Waals surface area (Å²) in [4.78, 5) is 59.9. The molecule has 1 aromatic heterocycles. The van der Waals surface area contributed by atoms with Gasteiger partial charge in [0.2, 0.25) is 17.7 Å². The molecule has 5 rings (SSSR count). The normalized spacial score (nSPS) is 20.4. The summed E-state index contributed by atoms with van der Waals surface area (Å²) in [5.74, 6) is -1.91. The molecule has 3 N–H and O–H groups in total. The number of nitrogens with one attached hydrogen (secondary N) is 3. The van der Waals surface area contributed by atoms with Crippen molar-refractivity contribution in [3.8, 4) is 0 Å². The summed E-state index contributed by atoms with van der Waals surface area (Å²) >= 11 is 0. The number of benzene rings is 2. The number of nitrogens with zero attached hydrogens (tertiary/aromatic N) is 2. The molecule has 2 aliphatic heterocycles. The first-order valence-corrected chi connectivity index (χ1v) is 15.7. The number of halogens is 1. The van der Waals surface area contributed by atoms with E-state index in [9.17, 15) is 23.6 Å². The monoisotopic (exact) mass is 603 g/mol. The molecule has 234 valence electrons. The second-order valence-corrected chi connectivity index (χ2v) is 12.3. The molecule has 0 aliphatic carbocycles. The number of hydrogen-bond acceptors (Lipinski definition) is 4. The van der Waals surface area contributed by atoms with Gasteiger partial charge in [0.1, 0.15) is 11.9 Å². The van der Waals surface area contributed by atoms with E-state index in [-0.39, 0.29) is 48.7 Å². The fourth-order valence-electron chi connectivity index (χ4n) is 6.20. The predicted molar refractivity (Wildman–Crippen MR) is 166 cm³/mol. The van der Waals surface area contributed by atoms with Crippen LogP contribution >= 0.6 is 0 Å². The summed E-state index contributed by atoms with van der Waals surface area (Å²) in [7, 11) is 0. The third kappa shape index (κ3) is 7.29. The van der Waals surface area contributed by atoms with Crippen LogP contribution in [0.3, 0.4) is 0 Å². The average molecular weight is 604 g/mol. The summed E-state index contributed by atoms with van der Waals surface area (Å²) < 4.78 is 14.8. The van der Waals surface area contributed by atoms with E-state index in [1.165, 1.54) is 11.0 Å². The number of hydrogen-bond donors (Lipinski definition) is 3. The van der Waals surface area contributed by atoms with E-state index >= 15 is 0 Å². The van der Waals surface area contributed by atoms with Gasteiger partial charge in [0.05, 0.1) is 12.1 Å². The quantitative estimate of drug-likeness (QED) is 0.410. The Labute approximate surface area is 257 Å². The highest BCUT2D eigenvalue weighted by atomic mass is 19.1. The van der Waals surface area contributed by atoms with Gasteiger partial charge >= 0.3 is 0 Å². The number of H-pyrrole nitrogens is 1. The van der Waals surface area contributed by atoms with E-state index in [2.05, 4.69) is 21.7 Å². The molecule has 2 bridgehead atoms. The lowest BCUT2D eigenvalue weighted by atomic mass is 10.0. The molecule has 2 aromatic carbocycles. The Bertz CT molecular complexity index is 1520. The number of aromatic amines is 1. The molecular weight excluding hydrogens is 561 g/mol. The Morgan fingerprint density at radius 3 is 2.73 bits per heavy atom. The molecule has 10 heteroatoms. The van der Waals surface area contributed by atoms with Gasteiger partial charge in [0.25, 0.3) is 5.91 Å². The lowest BCUT2D eigenvalue weighted by Gasteiger charge is -2.32. The van der Waals surface area contributed by atoms with E-state index in [0.29, 0.717) is 51.6 Å². The standard InChI is InChI=1S/C34H42FN5O4/c1-22(2)29-20-39(32(42)13-5-9-24-19-37-28-11-4-3-10-25(24)28)21-31(41)36-16-6-8-23-14-15-27(35)26(18-23)34(44)40-17-7-12-30(40)33(43)38-29/h3-4,10-11,14-15,18-19,22,29-30,37H,5-9,12-13,16-17,20-21H2,1-2H3,(H,36,41)(H,38,43)/t29-,30-/m0/s1. The Balaban J connectivity index is 1.33. The van der Waals surface area contributed by atoms with Crippen molar-refractivity contribution >= 4 is 34.5 Å². The molecule has 0 spiro atoms. The second-order valence-electron chi connectivity index (χ2n) is 12.3. The zero-order valence-electron chi connectivity index (χ0n) is 25.5. The van der Waals surface area contributed by atoms with Crippen LogP contribution < -0.4 is 10.6 Å². The number of fused-ring (bicyclic) bond motifs is 4. The third-order valence-corrected chi connectivity index (χ3v) is 8.79. The van der Waals surface area contributed by atoms with Gasteiger partial charge in [-0.05, 0) is 73.8 Å². The van der Waals surface area contributed by atoms with Crippen molar-refractivity contribution in [2.45, 2.75) is 70.9 Å². The molecule has 0 unspecified atom stereocenters. The first-order chi connectivity index (χ1) is 21.2. The van der Waals surface area contributed by atoms with Gasteiger partial charge in [-0.15, -0.1) is 0 Å². The molecule has 1 saturated heterocycles. The smallest absolute Gasteiger partial charge is 0.257 e. The van der Waals surface area contributed by atoms with Crippen molar-refractivity contribution < 1.29 is 23.6 Å². The summed E-state index contributed by atoms with van der Waals surface area (Å²) in [6.07, 6.45) is 5.81. The number of carbonyl (C=O) groups excluding carboxylic acids is 4. The number of rotatable bonds is 5. The number of amides is 4. The summed E-state index contributed by atoms with van der Waals surface area (Å²) in [5.41, 5.74) is 2.93. The van der Waals surface area contributed by atoms with Gasteiger partial charge < -0.3 is 25.4 Å². The van der Waals surface area contributed by atoms with Gasteiger partial charge in [-0.25, -0.2) is 4.39 Å². The largest absolute Gasteiger partial charge is 0.361 e. The number of para-hydroxylation sites is 1. The molecule has 2 atom stereocenters. The minimum absolute atomic E-state index is 0.0413. The number of aryl methyl sites for hydroxylation is 2. The van der Waals surface area contributed by atoms with Crippen molar-refractivity contribution in [3.05, 3.63) is 71.2 Å². The van der Waals surface area contributed by atoms with Crippen LogP contribution in [0.2, 0.25) is 0 Å². The maximum absolute atomic E-state index is 14.8. The highest BCUT2D eigenvalue weighted by molar-refractivity contribution is 5.98. The first kappa shape index (κ1) is 31.2. The van der Waals surface area contributed by atoms with E-state index in [1.54, 1.807) is 17.0 Å². The Morgan fingerprint density at radius 1 is 1.09 bits per heavy atom. The Morgan fingerprint density at radius 2 is 1.91 bits per heavy atom. The van der Waals surface area contributed by atoms with Crippen molar-refractivity contribution in [1.82, 2.24) is 25.4 Å². The van der Waals surface area contributed by atoms with Gasteiger partial charge in [0, 0.05) is 49.2 Å². The molecule has 4 amide bonds. The van der Waals surface area contributed by atoms with Crippen molar-refractivity contribution in [3.63, 3.8) is 0 Å². The highest BCUT2D eigenvalue weighted by Crippen LogP contribution is 2.24. The topological polar surface area (TPSA) is 115 Å². The van der Waals surface area contributed by atoms with Crippen LogP contribution in [0, 0.1) is 11.7 Å². The third-order valence-electron chi connectivity index (χ3n) is 8.79. The summed E-state index contributed by atoms with van der Waals surface area (Å²) in [6, 6.07) is 11.4. The predicted octanol–water partition coefficient (Wildman–Crippen LogP) is 3.97. The number of aromatic nitrogens is 1. The molecule has 3 aromatic rings. The van der Waals surface area contributed by atoms with Gasteiger partial charge in [-0.3, -0.25) is 19.2 Å². The first-order valence-electron chi connectivity index (χ1n) is 15.7. The Hall–Kier alpha value is -4.21. The maximum atomic E-state index is 14.8. The van der Waals surface area contributed by atoms with Gasteiger partial charge in [-0.2, -0.15) is 0 Å². The van der Waals surface area contributed by atoms with Crippen molar-refractivity contribution in [2.75, 3.05) is 26.2 Å². The van der Waals surface area contributed by atoms with Gasteiger partial charge in [0.15, 0.2) is 0 Å². The average Bonchev–Trinajstić information content (AvgIpc) is 3.66. The van der Waals surface area contributed by atoms with E-state index < -0.39 is 23.8 Å². The van der Waals surface area contributed by atoms with Crippen molar-refractivity contribution in [1.29, 1.82) is 0 Å². The SMILES string of the molecule is CC(C)[C@@H]1CN(C(=O)CCCc2c[nH]c3ccccc23)CC(=O)NCCCc2ccc(F)c(c2)C(=O)N2CCC[C@H]2C(=O)N1. The van der Waals surface area contributed by atoms with E-state index in [1.807, 2.05) is 38.2 Å².